The topological polar surface area (TPSA) is 7.76 Å². The third-order valence-corrected chi connectivity index (χ3v) is 18.6. The minimum absolute atomic E-state index is 0.153. The Bertz CT molecular complexity index is 4060. The van der Waals surface area contributed by atoms with E-state index in [1.807, 2.05) is 0 Å². The number of aromatic nitrogens is 2. The summed E-state index contributed by atoms with van der Waals surface area (Å²) < 4.78 is 5.19. The van der Waals surface area contributed by atoms with Crippen molar-refractivity contribution >= 4 is 0 Å². The highest BCUT2D eigenvalue weighted by Crippen LogP contribution is 2.55. The van der Waals surface area contributed by atoms with Crippen molar-refractivity contribution in [1.82, 2.24) is 0 Å². The lowest BCUT2D eigenvalue weighted by atomic mass is 9.56. The van der Waals surface area contributed by atoms with Crippen LogP contribution in [0.4, 0.5) is 0 Å². The zero-order chi connectivity index (χ0) is 55.2. The fraction of sp³-hybridized carbons (Fsp3) is 0.125. The zero-order valence-corrected chi connectivity index (χ0v) is 47.0. The molecule has 2 aliphatic heterocycles. The van der Waals surface area contributed by atoms with Gasteiger partial charge in [0.2, 0.25) is 11.4 Å². The molecule has 0 N–H and O–H groups in total. The maximum atomic E-state index is 2.70. The summed E-state index contributed by atoms with van der Waals surface area (Å²) in [5.41, 5.74) is 26.8. The first-order chi connectivity index (χ1) is 40.4. The summed E-state index contributed by atoms with van der Waals surface area (Å²) in [6.45, 7) is 8.38. The van der Waals surface area contributed by atoms with E-state index < -0.39 is 0 Å². The third-order valence-electron chi connectivity index (χ3n) is 18.6. The van der Waals surface area contributed by atoms with E-state index in [-0.39, 0.29) is 11.0 Å². The molecule has 0 saturated carbocycles. The Morgan fingerprint density at radius 3 is 1.22 bits per heavy atom. The molecule has 0 bridgehead atoms. The molecule has 14 rings (SSSR count). The molecule has 2 heteroatoms. The van der Waals surface area contributed by atoms with Crippen molar-refractivity contribution in [3.05, 3.63) is 303 Å². The van der Waals surface area contributed by atoms with Gasteiger partial charge in [-0.2, -0.15) is 9.13 Å². The molecule has 10 aromatic carbocycles. The van der Waals surface area contributed by atoms with Gasteiger partial charge in [0.15, 0.2) is 24.5 Å². The number of fused-ring (bicyclic) bond motifs is 6. The van der Waals surface area contributed by atoms with Gasteiger partial charge in [-0.3, -0.25) is 0 Å². The van der Waals surface area contributed by atoms with Crippen molar-refractivity contribution in [1.29, 1.82) is 0 Å². The number of rotatable bonds is 12. The molecular formula is C80H66N2+2. The lowest BCUT2D eigenvalue weighted by molar-refractivity contribution is -0.772. The second-order valence-corrected chi connectivity index (χ2v) is 23.0. The van der Waals surface area contributed by atoms with Crippen LogP contribution >= 0.6 is 0 Å². The van der Waals surface area contributed by atoms with Gasteiger partial charge in [0.1, 0.15) is 0 Å². The van der Waals surface area contributed by atoms with Crippen LogP contribution in [-0.2, 0) is 17.5 Å². The summed E-state index contributed by atoms with van der Waals surface area (Å²) in [6.07, 6.45) is 7.73. The molecule has 2 aromatic heterocycles. The molecule has 0 fully saturated rings. The van der Waals surface area contributed by atoms with E-state index in [2.05, 4.69) is 321 Å². The lowest BCUT2D eigenvalue weighted by Gasteiger charge is -2.49. The smallest absolute Gasteiger partial charge is 0.198 e. The van der Waals surface area contributed by atoms with Gasteiger partial charge in [-0.25, -0.2) is 0 Å². The van der Waals surface area contributed by atoms with Crippen LogP contribution in [0.1, 0.15) is 57.1 Å². The van der Waals surface area contributed by atoms with Crippen LogP contribution in [0.2, 0.25) is 0 Å². The predicted molar refractivity (Wildman–Crippen MR) is 341 cm³/mol. The van der Waals surface area contributed by atoms with Gasteiger partial charge in [0.05, 0.1) is 16.9 Å². The van der Waals surface area contributed by atoms with E-state index in [9.17, 15) is 0 Å². The largest absolute Gasteiger partial charge is 0.213 e. The van der Waals surface area contributed by atoms with Crippen molar-refractivity contribution in [3.8, 4) is 112 Å². The second-order valence-electron chi connectivity index (χ2n) is 23.0. The molecule has 0 saturated heterocycles. The second kappa shape index (κ2) is 21.2. The normalized spacial score (nSPS) is 16.8. The molecule has 4 heterocycles. The Labute approximate surface area is 484 Å². The number of pyridine rings is 2. The lowest BCUT2D eigenvalue weighted by Crippen LogP contribution is -2.69. The van der Waals surface area contributed by atoms with Crippen molar-refractivity contribution in [3.63, 3.8) is 0 Å². The molecule has 12 aromatic rings. The summed E-state index contributed by atoms with van der Waals surface area (Å²) in [7, 11) is 0. The number of hydrogen-bond donors (Lipinski definition) is 0. The van der Waals surface area contributed by atoms with Gasteiger partial charge < -0.3 is 0 Å². The molecule has 0 spiro atoms. The summed E-state index contributed by atoms with van der Waals surface area (Å²) in [5, 5.41) is 0. The molecule has 0 amide bonds. The minimum Gasteiger partial charge on any atom is -0.198 e. The Morgan fingerprint density at radius 2 is 0.720 bits per heavy atom. The first-order valence-electron chi connectivity index (χ1n) is 29.4. The van der Waals surface area contributed by atoms with E-state index in [1.165, 1.54) is 123 Å². The summed E-state index contributed by atoms with van der Waals surface area (Å²) in [6, 6.07) is 104. The van der Waals surface area contributed by atoms with Gasteiger partial charge in [0.25, 0.3) is 0 Å². The van der Waals surface area contributed by atoms with Crippen LogP contribution in [0.5, 0.6) is 0 Å². The molecule has 3 unspecified atom stereocenters. The van der Waals surface area contributed by atoms with E-state index in [0.717, 1.165) is 25.8 Å². The fourth-order valence-electron chi connectivity index (χ4n) is 14.2. The highest BCUT2D eigenvalue weighted by molar-refractivity contribution is 5.89. The van der Waals surface area contributed by atoms with E-state index in [0.29, 0.717) is 5.92 Å². The minimum atomic E-state index is -0.176. The molecule has 0 aliphatic carbocycles. The summed E-state index contributed by atoms with van der Waals surface area (Å²) in [4.78, 5) is 0. The van der Waals surface area contributed by atoms with Gasteiger partial charge in [-0.1, -0.05) is 184 Å². The van der Waals surface area contributed by atoms with Crippen LogP contribution in [0.25, 0.3) is 112 Å². The Hall–Kier alpha value is -9.50. The Kier molecular flexibility index (Phi) is 13.1. The van der Waals surface area contributed by atoms with Crippen molar-refractivity contribution < 1.29 is 9.13 Å². The van der Waals surface area contributed by atoms with E-state index in [4.69, 9.17) is 0 Å². The van der Waals surface area contributed by atoms with Crippen LogP contribution in [0.15, 0.2) is 291 Å². The molecule has 394 valence electrons. The van der Waals surface area contributed by atoms with Crippen molar-refractivity contribution in [2.24, 2.45) is 0 Å². The van der Waals surface area contributed by atoms with Crippen LogP contribution < -0.4 is 9.13 Å². The molecule has 2 nitrogen and oxygen atoms in total. The fourth-order valence-corrected chi connectivity index (χ4v) is 14.2. The monoisotopic (exact) mass is 1050 g/mol. The van der Waals surface area contributed by atoms with E-state index in [1.54, 1.807) is 0 Å². The highest BCUT2D eigenvalue weighted by atomic mass is 15.1. The third kappa shape index (κ3) is 9.00. The molecular weight excluding hydrogens is 989 g/mol. The van der Waals surface area contributed by atoms with Crippen LogP contribution in [-0.4, -0.2) is 0 Å². The van der Waals surface area contributed by atoms with Gasteiger partial charge in [-0.05, 0) is 198 Å². The Balaban J connectivity index is 0.909. The predicted octanol–water partition coefficient (Wildman–Crippen LogP) is 19.9. The molecule has 3 atom stereocenters. The Morgan fingerprint density at radius 1 is 0.329 bits per heavy atom. The first-order valence-corrected chi connectivity index (χ1v) is 29.4. The number of hydrogen-bond acceptors (Lipinski definition) is 0. The molecule has 0 radical (unpaired) electrons. The average molecular weight is 1060 g/mol. The zero-order valence-electron chi connectivity index (χ0n) is 47.0. The standard InChI is InChI=1S/C80H66N2/c1-4-79(3)76-40-39-62(53-75(76)78-38-21-23-42-82(78)80(79,5-2)54-72-55-81-41-22-20-37-77(81)74-36-19-18-35-73(72)74)60-33-24-34-61(43-60)67-50-70(68-46-63(56-25-10-6-11-26-56)44-64(47-68)57-27-12-7-13-28-57)52-71(51-67)69-48-65(58-29-14-8-15-30-58)45-66(49-69)59-31-16-9-17-32-59/h6-53,72H,4-5,54-55H2,1-3H3/q+2. The van der Waals surface area contributed by atoms with Gasteiger partial charge in [0, 0.05) is 42.7 Å². The number of benzene rings is 10. The summed E-state index contributed by atoms with van der Waals surface area (Å²) >= 11 is 0. The van der Waals surface area contributed by atoms with Crippen molar-refractivity contribution in [2.75, 3.05) is 0 Å². The van der Waals surface area contributed by atoms with Crippen molar-refractivity contribution in [2.45, 2.75) is 63.5 Å². The van der Waals surface area contributed by atoms with Gasteiger partial charge in [-0.15, -0.1) is 0 Å². The van der Waals surface area contributed by atoms with Crippen LogP contribution in [0, 0.1) is 0 Å². The molecule has 82 heavy (non-hydrogen) atoms. The summed E-state index contributed by atoms with van der Waals surface area (Å²) in [5.74, 6) is 0.350. The molecule has 2 aliphatic rings. The van der Waals surface area contributed by atoms with Gasteiger partial charge >= 0.3 is 0 Å². The van der Waals surface area contributed by atoms with Crippen LogP contribution in [0.3, 0.4) is 0 Å². The quantitative estimate of drug-likeness (QED) is 0.108. The maximum absolute atomic E-state index is 2.70. The highest BCUT2D eigenvalue weighted by Gasteiger charge is 2.60. The maximum Gasteiger partial charge on any atom is 0.213 e. The average Bonchev–Trinajstić information content (AvgIpc) is 1.18. The van der Waals surface area contributed by atoms with E-state index >= 15 is 0 Å². The first kappa shape index (κ1) is 50.7. The number of nitrogens with zero attached hydrogens (tertiary/aromatic N) is 2. The SMILES string of the molecule is CCC1(C)c2ccc(-c3cccc(-c4cc(-c5cc(-c6ccccc6)cc(-c6ccccc6)c5)cc(-c5cc(-c6ccccc6)cc(-c6ccccc6)c5)c4)c3)cc2-c2cccc[n+]2C1(CC)CC1C[n+]2ccccc2-c2ccccc21.